The van der Waals surface area contributed by atoms with Gasteiger partial charge in [-0.05, 0) is 26.0 Å². The van der Waals surface area contributed by atoms with Crippen molar-refractivity contribution in [1.82, 2.24) is 24.8 Å². The van der Waals surface area contributed by atoms with Crippen LogP contribution >= 0.6 is 0 Å². The molecule has 0 saturated heterocycles. The Labute approximate surface area is 178 Å². The average molecular weight is 425 g/mol. The summed E-state index contributed by atoms with van der Waals surface area (Å²) >= 11 is 0. The fraction of sp³-hybridized carbons (Fsp3) is 0.286. The Kier molecular flexibility index (Phi) is 6.61. The van der Waals surface area contributed by atoms with Gasteiger partial charge in [-0.1, -0.05) is 0 Å². The molecule has 31 heavy (non-hydrogen) atoms. The van der Waals surface area contributed by atoms with Crippen LogP contribution in [0.2, 0.25) is 0 Å². The van der Waals surface area contributed by atoms with Gasteiger partial charge in [0.2, 0.25) is 5.82 Å². The number of benzene rings is 1. The minimum Gasteiger partial charge on any atom is -0.488 e. The number of hydrogen-bond donors (Lipinski definition) is 2. The predicted octanol–water partition coefficient (Wildman–Crippen LogP) is 1.79. The molecule has 1 atom stereocenters. The van der Waals surface area contributed by atoms with E-state index in [9.17, 15) is 14.7 Å². The smallest absolute Gasteiger partial charge is 0.291 e. The molecule has 0 aliphatic carbocycles. The van der Waals surface area contributed by atoms with Crippen molar-refractivity contribution >= 4 is 5.91 Å². The molecule has 1 aromatic carbocycles. The number of ether oxygens (including phenoxy) is 2. The standard InChI is InChI=1S/C21H23N5O5/c1-12-8-22-18(25-20(12)28)14-5-15(30-13(2)11-27)7-16(6-14)31-17-9-23-19(24-10-17)21(29)26(3)4/h5-10,13,27H,11H2,1-4H3,(H,22,25,28). The van der Waals surface area contributed by atoms with Crippen molar-refractivity contribution in [2.24, 2.45) is 0 Å². The van der Waals surface area contributed by atoms with E-state index in [4.69, 9.17) is 9.47 Å². The molecule has 0 aliphatic heterocycles. The Morgan fingerprint density at radius 3 is 2.39 bits per heavy atom. The van der Waals surface area contributed by atoms with Crippen LogP contribution < -0.4 is 15.0 Å². The molecule has 0 fully saturated rings. The van der Waals surface area contributed by atoms with Crippen LogP contribution in [0.15, 0.2) is 41.6 Å². The number of hydrogen-bond acceptors (Lipinski definition) is 8. The van der Waals surface area contributed by atoms with Crippen molar-refractivity contribution in [3.8, 4) is 28.6 Å². The molecule has 10 nitrogen and oxygen atoms in total. The van der Waals surface area contributed by atoms with Crippen LogP contribution in [0, 0.1) is 6.92 Å². The van der Waals surface area contributed by atoms with Gasteiger partial charge in [-0.15, -0.1) is 0 Å². The number of aryl methyl sites for hydroxylation is 1. The highest BCUT2D eigenvalue weighted by Crippen LogP contribution is 2.31. The summed E-state index contributed by atoms with van der Waals surface area (Å²) in [5, 5.41) is 9.30. The van der Waals surface area contributed by atoms with Crippen molar-refractivity contribution < 1.29 is 19.4 Å². The fourth-order valence-corrected chi connectivity index (χ4v) is 2.53. The van der Waals surface area contributed by atoms with Gasteiger partial charge in [0.25, 0.3) is 11.5 Å². The lowest BCUT2D eigenvalue weighted by molar-refractivity contribution is 0.0815. The van der Waals surface area contributed by atoms with Gasteiger partial charge in [-0.3, -0.25) is 9.59 Å². The van der Waals surface area contributed by atoms with Crippen molar-refractivity contribution in [2.75, 3.05) is 20.7 Å². The van der Waals surface area contributed by atoms with Gasteiger partial charge in [0.15, 0.2) is 5.75 Å². The number of nitrogens with zero attached hydrogens (tertiary/aromatic N) is 4. The normalized spacial score (nSPS) is 11.6. The van der Waals surface area contributed by atoms with E-state index in [2.05, 4.69) is 19.9 Å². The highest BCUT2D eigenvalue weighted by molar-refractivity contribution is 5.89. The molecule has 0 spiro atoms. The van der Waals surface area contributed by atoms with Crippen LogP contribution in [0.5, 0.6) is 17.2 Å². The summed E-state index contributed by atoms with van der Waals surface area (Å²) in [7, 11) is 3.22. The number of aromatic amines is 1. The SMILES string of the molecule is Cc1cnc(-c2cc(Oc3cnc(C(=O)N(C)C)nc3)cc(OC(C)CO)c2)[nH]c1=O. The van der Waals surface area contributed by atoms with Gasteiger partial charge in [0.05, 0.1) is 19.0 Å². The zero-order chi connectivity index (χ0) is 22.5. The first kappa shape index (κ1) is 21.9. The van der Waals surface area contributed by atoms with Crippen LogP contribution in [0.25, 0.3) is 11.4 Å². The van der Waals surface area contributed by atoms with E-state index in [0.717, 1.165) is 0 Å². The van der Waals surface area contributed by atoms with Crippen LogP contribution in [-0.4, -0.2) is 62.7 Å². The topological polar surface area (TPSA) is 131 Å². The molecular formula is C21H23N5O5. The van der Waals surface area contributed by atoms with E-state index >= 15 is 0 Å². The highest BCUT2D eigenvalue weighted by atomic mass is 16.5. The summed E-state index contributed by atoms with van der Waals surface area (Å²) in [6, 6.07) is 4.98. The summed E-state index contributed by atoms with van der Waals surface area (Å²) in [6.07, 6.45) is 3.80. The molecule has 0 bridgehead atoms. The Bertz CT molecular complexity index is 1130. The Morgan fingerprint density at radius 2 is 1.77 bits per heavy atom. The number of rotatable bonds is 7. The zero-order valence-electron chi connectivity index (χ0n) is 17.6. The van der Waals surface area contributed by atoms with E-state index in [1.54, 1.807) is 46.1 Å². The minimum atomic E-state index is -0.451. The largest absolute Gasteiger partial charge is 0.488 e. The fourth-order valence-electron chi connectivity index (χ4n) is 2.53. The summed E-state index contributed by atoms with van der Waals surface area (Å²) in [6.45, 7) is 3.21. The molecule has 2 heterocycles. The number of aromatic nitrogens is 4. The van der Waals surface area contributed by atoms with Gasteiger partial charge in [0, 0.05) is 37.5 Å². The van der Waals surface area contributed by atoms with E-state index in [-0.39, 0.29) is 23.9 Å². The molecule has 0 saturated carbocycles. The first-order chi connectivity index (χ1) is 14.8. The number of aliphatic hydroxyl groups excluding tert-OH is 1. The van der Waals surface area contributed by atoms with Crippen molar-refractivity contribution in [2.45, 2.75) is 20.0 Å². The van der Waals surface area contributed by atoms with Gasteiger partial charge in [-0.2, -0.15) is 0 Å². The van der Waals surface area contributed by atoms with Gasteiger partial charge in [-0.25, -0.2) is 15.0 Å². The predicted molar refractivity (Wildman–Crippen MR) is 112 cm³/mol. The third-order valence-corrected chi connectivity index (χ3v) is 4.19. The molecular weight excluding hydrogens is 402 g/mol. The number of carbonyl (C=O) groups is 1. The maximum absolute atomic E-state index is 12.0. The summed E-state index contributed by atoms with van der Waals surface area (Å²) in [4.78, 5) is 40.3. The molecule has 10 heteroatoms. The summed E-state index contributed by atoms with van der Waals surface area (Å²) < 4.78 is 11.5. The van der Waals surface area contributed by atoms with Crippen LogP contribution in [-0.2, 0) is 0 Å². The third-order valence-electron chi connectivity index (χ3n) is 4.19. The maximum atomic E-state index is 12.0. The van der Waals surface area contributed by atoms with Crippen molar-refractivity contribution in [3.63, 3.8) is 0 Å². The van der Waals surface area contributed by atoms with E-state index in [1.807, 2.05) is 0 Å². The number of H-pyrrole nitrogens is 1. The Morgan fingerprint density at radius 1 is 1.10 bits per heavy atom. The molecule has 3 aromatic rings. The molecule has 2 aromatic heterocycles. The monoisotopic (exact) mass is 425 g/mol. The number of carbonyl (C=O) groups excluding carboxylic acids is 1. The quantitative estimate of drug-likeness (QED) is 0.586. The zero-order valence-corrected chi connectivity index (χ0v) is 17.6. The van der Waals surface area contributed by atoms with Crippen molar-refractivity contribution in [3.05, 3.63) is 58.5 Å². The molecule has 2 N–H and O–H groups in total. The second-order valence-corrected chi connectivity index (χ2v) is 7.09. The Hall–Kier alpha value is -3.79. The van der Waals surface area contributed by atoms with Crippen LogP contribution in [0.3, 0.4) is 0 Å². The van der Waals surface area contributed by atoms with E-state index in [1.165, 1.54) is 23.5 Å². The molecule has 1 amide bonds. The third kappa shape index (κ3) is 5.43. The second kappa shape index (κ2) is 9.35. The van der Waals surface area contributed by atoms with E-state index < -0.39 is 6.10 Å². The first-order valence-electron chi connectivity index (χ1n) is 9.47. The molecule has 3 rings (SSSR count). The molecule has 0 aliphatic rings. The van der Waals surface area contributed by atoms with Crippen molar-refractivity contribution in [1.29, 1.82) is 0 Å². The maximum Gasteiger partial charge on any atom is 0.291 e. The highest BCUT2D eigenvalue weighted by Gasteiger charge is 2.13. The first-order valence-corrected chi connectivity index (χ1v) is 9.47. The van der Waals surface area contributed by atoms with E-state index in [0.29, 0.717) is 34.2 Å². The van der Waals surface area contributed by atoms with Gasteiger partial charge in [0.1, 0.15) is 23.4 Å². The molecule has 0 radical (unpaired) electrons. The summed E-state index contributed by atoms with van der Waals surface area (Å²) in [5.74, 6) is 1.16. The van der Waals surface area contributed by atoms with Gasteiger partial charge < -0.3 is 24.5 Å². The molecule has 1 unspecified atom stereocenters. The summed E-state index contributed by atoms with van der Waals surface area (Å²) in [5.41, 5.74) is 0.790. The number of nitrogens with one attached hydrogen (secondary N) is 1. The number of aliphatic hydroxyl groups is 1. The molecule has 162 valence electrons. The number of amides is 1. The Balaban J connectivity index is 1.94. The lowest BCUT2D eigenvalue weighted by Gasteiger charge is -2.15. The van der Waals surface area contributed by atoms with Crippen LogP contribution in [0.4, 0.5) is 0 Å². The van der Waals surface area contributed by atoms with Crippen LogP contribution in [0.1, 0.15) is 23.1 Å². The average Bonchev–Trinajstić information content (AvgIpc) is 2.75. The second-order valence-electron chi connectivity index (χ2n) is 7.09. The van der Waals surface area contributed by atoms with Gasteiger partial charge >= 0.3 is 0 Å². The lowest BCUT2D eigenvalue weighted by Crippen LogP contribution is -2.23. The minimum absolute atomic E-state index is 0.0494. The lowest BCUT2D eigenvalue weighted by atomic mass is 10.1.